The van der Waals surface area contributed by atoms with Crippen molar-refractivity contribution in [1.82, 2.24) is 4.31 Å². The van der Waals surface area contributed by atoms with Crippen LogP contribution in [0.5, 0.6) is 0 Å². The third kappa shape index (κ3) is 4.54. The number of carboxylic acid groups (broad SMARTS) is 1. The molecule has 0 saturated heterocycles. The number of hydrogen-bond donors (Lipinski definition) is 1. The zero-order chi connectivity index (χ0) is 16.2. The lowest BCUT2D eigenvalue weighted by molar-refractivity contribution is -0.136. The SMILES string of the molecule is CC(C)C(C)N(C)S(=O)(=O)c1ccc(CCC(=O)O)cc1. The molecule has 0 aromatic heterocycles. The van der Waals surface area contributed by atoms with Gasteiger partial charge < -0.3 is 5.11 Å². The van der Waals surface area contributed by atoms with E-state index >= 15 is 0 Å². The highest BCUT2D eigenvalue weighted by atomic mass is 32.2. The second-order valence-electron chi connectivity index (χ2n) is 5.54. The predicted molar refractivity (Wildman–Crippen MR) is 81.6 cm³/mol. The van der Waals surface area contributed by atoms with Gasteiger partial charge in [-0.1, -0.05) is 26.0 Å². The molecule has 0 fully saturated rings. The highest BCUT2D eigenvalue weighted by Gasteiger charge is 2.26. The molecular formula is C15H23NO4S. The standard InChI is InChI=1S/C15H23NO4S/c1-11(2)12(3)16(4)21(19,20)14-8-5-13(6-9-14)7-10-15(17)18/h5-6,8-9,11-12H,7,10H2,1-4H3,(H,17,18). The third-order valence-electron chi connectivity index (χ3n) is 3.77. The first kappa shape index (κ1) is 17.7. The summed E-state index contributed by atoms with van der Waals surface area (Å²) in [7, 11) is -1.93. The highest BCUT2D eigenvalue weighted by Crippen LogP contribution is 2.20. The van der Waals surface area contributed by atoms with E-state index in [9.17, 15) is 13.2 Å². The maximum Gasteiger partial charge on any atom is 0.303 e. The van der Waals surface area contributed by atoms with Crippen LogP contribution in [-0.4, -0.2) is 36.9 Å². The van der Waals surface area contributed by atoms with Crippen molar-refractivity contribution in [3.8, 4) is 0 Å². The molecule has 1 unspecified atom stereocenters. The fraction of sp³-hybridized carbons (Fsp3) is 0.533. The van der Waals surface area contributed by atoms with E-state index in [0.29, 0.717) is 6.42 Å². The lowest BCUT2D eigenvalue weighted by Gasteiger charge is -2.27. The number of carbonyl (C=O) groups is 1. The number of hydrogen-bond acceptors (Lipinski definition) is 3. The summed E-state index contributed by atoms with van der Waals surface area (Å²) in [6, 6.07) is 6.32. The Balaban J connectivity index is 2.92. The normalized spacial score (nSPS) is 13.6. The number of sulfonamides is 1. The van der Waals surface area contributed by atoms with Crippen molar-refractivity contribution in [2.75, 3.05) is 7.05 Å². The highest BCUT2D eigenvalue weighted by molar-refractivity contribution is 7.89. The summed E-state index contributed by atoms with van der Waals surface area (Å²) in [6.45, 7) is 5.83. The Morgan fingerprint density at radius 2 is 1.71 bits per heavy atom. The molecule has 0 aliphatic heterocycles. The zero-order valence-corrected chi connectivity index (χ0v) is 13.7. The van der Waals surface area contributed by atoms with Gasteiger partial charge in [-0.05, 0) is 37.0 Å². The van der Waals surface area contributed by atoms with Crippen LogP contribution in [0.25, 0.3) is 0 Å². The first-order chi connectivity index (χ1) is 9.66. The van der Waals surface area contributed by atoms with Gasteiger partial charge in [0.25, 0.3) is 0 Å². The molecule has 0 radical (unpaired) electrons. The molecule has 21 heavy (non-hydrogen) atoms. The van der Waals surface area contributed by atoms with Gasteiger partial charge in [-0.15, -0.1) is 0 Å². The minimum absolute atomic E-state index is 0.0381. The molecule has 0 bridgehead atoms. The quantitative estimate of drug-likeness (QED) is 0.838. The Labute approximate surface area is 126 Å². The van der Waals surface area contributed by atoms with Gasteiger partial charge in [0, 0.05) is 19.5 Å². The second kappa shape index (κ2) is 7.04. The molecular weight excluding hydrogens is 290 g/mol. The van der Waals surface area contributed by atoms with Gasteiger partial charge in [-0.25, -0.2) is 8.42 Å². The van der Waals surface area contributed by atoms with Gasteiger partial charge in [0.1, 0.15) is 0 Å². The fourth-order valence-corrected chi connectivity index (χ4v) is 3.38. The maximum atomic E-state index is 12.5. The summed E-state index contributed by atoms with van der Waals surface area (Å²) in [5.41, 5.74) is 0.816. The van der Waals surface area contributed by atoms with Gasteiger partial charge in [0.2, 0.25) is 10.0 Å². The summed E-state index contributed by atoms with van der Waals surface area (Å²) in [4.78, 5) is 10.8. The molecule has 1 aromatic carbocycles. The molecule has 118 valence electrons. The Bertz CT molecular complexity index is 578. The Kier molecular flexibility index (Phi) is 5.92. The first-order valence-electron chi connectivity index (χ1n) is 6.95. The van der Waals surface area contributed by atoms with Gasteiger partial charge in [-0.2, -0.15) is 4.31 Å². The summed E-state index contributed by atoms with van der Waals surface area (Å²) >= 11 is 0. The van der Waals surface area contributed by atoms with Crippen LogP contribution < -0.4 is 0 Å². The van der Waals surface area contributed by atoms with E-state index in [-0.39, 0.29) is 23.3 Å². The van der Waals surface area contributed by atoms with Crippen LogP contribution in [0, 0.1) is 5.92 Å². The minimum atomic E-state index is -3.51. The summed E-state index contributed by atoms with van der Waals surface area (Å²) < 4.78 is 26.4. The van der Waals surface area contributed by atoms with Crippen molar-refractivity contribution in [3.63, 3.8) is 0 Å². The maximum absolute atomic E-state index is 12.5. The molecule has 0 aliphatic rings. The van der Waals surface area contributed by atoms with Crippen LogP contribution in [0.3, 0.4) is 0 Å². The number of carboxylic acids is 1. The monoisotopic (exact) mass is 313 g/mol. The van der Waals surface area contributed by atoms with E-state index in [1.807, 2.05) is 20.8 Å². The summed E-state index contributed by atoms with van der Waals surface area (Å²) in [6.07, 6.45) is 0.435. The van der Waals surface area contributed by atoms with Crippen LogP contribution >= 0.6 is 0 Å². The smallest absolute Gasteiger partial charge is 0.303 e. The van der Waals surface area contributed by atoms with Crippen LogP contribution in [0.15, 0.2) is 29.2 Å². The molecule has 1 rings (SSSR count). The van der Waals surface area contributed by atoms with Crippen molar-refractivity contribution in [2.24, 2.45) is 5.92 Å². The average Bonchev–Trinajstić information content (AvgIpc) is 2.43. The van der Waals surface area contributed by atoms with E-state index < -0.39 is 16.0 Å². The van der Waals surface area contributed by atoms with Gasteiger partial charge in [-0.3, -0.25) is 4.79 Å². The number of nitrogens with zero attached hydrogens (tertiary/aromatic N) is 1. The van der Waals surface area contributed by atoms with Crippen molar-refractivity contribution in [1.29, 1.82) is 0 Å². The molecule has 0 aliphatic carbocycles. The first-order valence-corrected chi connectivity index (χ1v) is 8.39. The molecule has 6 heteroatoms. The molecule has 1 atom stereocenters. The molecule has 0 amide bonds. The molecule has 5 nitrogen and oxygen atoms in total. The van der Waals surface area contributed by atoms with Crippen molar-refractivity contribution in [2.45, 2.75) is 44.6 Å². The van der Waals surface area contributed by atoms with Crippen LogP contribution in [0.4, 0.5) is 0 Å². The number of benzene rings is 1. The van der Waals surface area contributed by atoms with Crippen LogP contribution in [0.1, 0.15) is 32.8 Å². The lowest BCUT2D eigenvalue weighted by atomic mass is 10.1. The van der Waals surface area contributed by atoms with Gasteiger partial charge in [0.05, 0.1) is 4.90 Å². The van der Waals surface area contributed by atoms with Gasteiger partial charge >= 0.3 is 5.97 Å². The predicted octanol–water partition coefficient (Wildman–Crippen LogP) is 2.37. The third-order valence-corrected chi connectivity index (χ3v) is 5.72. The van der Waals surface area contributed by atoms with Crippen LogP contribution in [-0.2, 0) is 21.2 Å². The minimum Gasteiger partial charge on any atom is -0.481 e. The summed E-state index contributed by atoms with van der Waals surface area (Å²) in [5.74, 6) is -0.642. The topological polar surface area (TPSA) is 74.7 Å². The van der Waals surface area contributed by atoms with E-state index in [0.717, 1.165) is 5.56 Å². The van der Waals surface area contributed by atoms with E-state index in [1.54, 1.807) is 19.2 Å². The van der Waals surface area contributed by atoms with E-state index in [2.05, 4.69) is 0 Å². The molecule has 1 N–H and O–H groups in total. The van der Waals surface area contributed by atoms with Gasteiger partial charge in [0.15, 0.2) is 0 Å². The number of aliphatic carboxylic acids is 1. The van der Waals surface area contributed by atoms with Crippen molar-refractivity contribution >= 4 is 16.0 Å². The molecule has 1 aromatic rings. The van der Waals surface area contributed by atoms with Crippen molar-refractivity contribution in [3.05, 3.63) is 29.8 Å². The largest absolute Gasteiger partial charge is 0.481 e. The van der Waals surface area contributed by atoms with Crippen molar-refractivity contribution < 1.29 is 18.3 Å². The Morgan fingerprint density at radius 1 is 1.19 bits per heavy atom. The van der Waals surface area contributed by atoms with E-state index in [1.165, 1.54) is 16.4 Å². The Hall–Kier alpha value is -1.40. The molecule has 0 heterocycles. The van der Waals surface area contributed by atoms with E-state index in [4.69, 9.17) is 5.11 Å². The fourth-order valence-electron chi connectivity index (χ4n) is 1.88. The number of aryl methyl sites for hydroxylation is 1. The second-order valence-corrected chi connectivity index (χ2v) is 7.54. The zero-order valence-electron chi connectivity index (χ0n) is 12.9. The molecule has 0 saturated carbocycles. The molecule has 0 spiro atoms. The Morgan fingerprint density at radius 3 is 2.14 bits per heavy atom. The average molecular weight is 313 g/mol. The number of rotatable bonds is 7. The lowest BCUT2D eigenvalue weighted by Crippen LogP contribution is -2.38. The van der Waals surface area contributed by atoms with Crippen LogP contribution in [0.2, 0.25) is 0 Å². The summed E-state index contributed by atoms with van der Waals surface area (Å²) in [5, 5.41) is 8.64.